The minimum atomic E-state index is -3.26. The fourth-order valence-corrected chi connectivity index (χ4v) is 3.51. The van der Waals surface area contributed by atoms with Gasteiger partial charge in [-0.25, -0.2) is 8.42 Å². The van der Waals surface area contributed by atoms with Crippen LogP contribution in [0, 0.1) is 0 Å². The standard InChI is InChI=1S/C20H17BrO3S/c1-25(22,23)18-9-5-8-16(12-18)19-13-17(21)10-11-20(19)24-14-15-6-3-2-4-7-15/h2-13H,14H2,1H3. The van der Waals surface area contributed by atoms with E-state index in [4.69, 9.17) is 4.74 Å². The van der Waals surface area contributed by atoms with E-state index in [0.717, 1.165) is 21.2 Å². The summed E-state index contributed by atoms with van der Waals surface area (Å²) in [6, 6.07) is 22.5. The number of sulfone groups is 1. The fourth-order valence-electron chi connectivity index (χ4n) is 2.48. The molecule has 0 saturated carbocycles. The summed E-state index contributed by atoms with van der Waals surface area (Å²) in [6.45, 7) is 0.446. The summed E-state index contributed by atoms with van der Waals surface area (Å²) in [6.07, 6.45) is 1.21. The SMILES string of the molecule is CS(=O)(=O)c1cccc(-c2cc(Br)ccc2OCc2ccccc2)c1. The van der Waals surface area contributed by atoms with Crippen molar-refractivity contribution in [3.8, 4) is 16.9 Å². The molecule has 0 atom stereocenters. The second kappa shape index (κ2) is 7.42. The van der Waals surface area contributed by atoms with Gasteiger partial charge in [0.2, 0.25) is 0 Å². The van der Waals surface area contributed by atoms with Crippen molar-refractivity contribution in [1.82, 2.24) is 0 Å². The lowest BCUT2D eigenvalue weighted by Gasteiger charge is -2.13. The van der Waals surface area contributed by atoms with Crippen LogP contribution in [-0.2, 0) is 16.4 Å². The number of hydrogen-bond donors (Lipinski definition) is 0. The summed E-state index contributed by atoms with van der Waals surface area (Å²) < 4.78 is 30.6. The smallest absolute Gasteiger partial charge is 0.175 e. The van der Waals surface area contributed by atoms with Crippen LogP contribution in [0.1, 0.15) is 5.56 Å². The molecule has 0 aromatic heterocycles. The Hall–Kier alpha value is -2.11. The zero-order valence-corrected chi connectivity index (χ0v) is 16.0. The van der Waals surface area contributed by atoms with Crippen molar-refractivity contribution >= 4 is 25.8 Å². The highest BCUT2D eigenvalue weighted by molar-refractivity contribution is 9.10. The molecule has 3 nitrogen and oxygen atoms in total. The van der Waals surface area contributed by atoms with Gasteiger partial charge >= 0.3 is 0 Å². The second-order valence-electron chi connectivity index (χ2n) is 5.71. The Morgan fingerprint density at radius 2 is 1.68 bits per heavy atom. The Morgan fingerprint density at radius 3 is 2.40 bits per heavy atom. The van der Waals surface area contributed by atoms with Crippen molar-refractivity contribution in [3.63, 3.8) is 0 Å². The Morgan fingerprint density at radius 1 is 0.920 bits per heavy atom. The van der Waals surface area contributed by atoms with Gasteiger partial charge < -0.3 is 4.74 Å². The van der Waals surface area contributed by atoms with Crippen molar-refractivity contribution in [2.45, 2.75) is 11.5 Å². The molecule has 128 valence electrons. The molecule has 3 aromatic carbocycles. The first-order valence-electron chi connectivity index (χ1n) is 7.70. The number of hydrogen-bond acceptors (Lipinski definition) is 3. The van der Waals surface area contributed by atoms with Gasteiger partial charge in [0.15, 0.2) is 9.84 Å². The van der Waals surface area contributed by atoms with Crippen LogP contribution in [0.2, 0.25) is 0 Å². The molecule has 0 saturated heterocycles. The van der Waals surface area contributed by atoms with Crippen LogP contribution in [-0.4, -0.2) is 14.7 Å². The summed E-state index contributed by atoms with van der Waals surface area (Å²) in [5.74, 6) is 0.706. The van der Waals surface area contributed by atoms with E-state index >= 15 is 0 Å². The highest BCUT2D eigenvalue weighted by atomic mass is 79.9. The van der Waals surface area contributed by atoms with E-state index in [1.807, 2.05) is 54.6 Å². The zero-order chi connectivity index (χ0) is 17.9. The number of ether oxygens (including phenoxy) is 1. The molecule has 3 rings (SSSR count). The van der Waals surface area contributed by atoms with Gasteiger partial charge in [-0.15, -0.1) is 0 Å². The van der Waals surface area contributed by atoms with E-state index in [2.05, 4.69) is 15.9 Å². The number of halogens is 1. The van der Waals surface area contributed by atoms with Crippen LogP contribution in [0.15, 0.2) is 82.2 Å². The predicted octanol–water partition coefficient (Wildman–Crippen LogP) is 5.10. The fraction of sp³-hybridized carbons (Fsp3) is 0.100. The van der Waals surface area contributed by atoms with Gasteiger partial charge in [-0.3, -0.25) is 0 Å². The van der Waals surface area contributed by atoms with Crippen molar-refractivity contribution < 1.29 is 13.2 Å². The highest BCUT2D eigenvalue weighted by Crippen LogP contribution is 2.34. The monoisotopic (exact) mass is 416 g/mol. The van der Waals surface area contributed by atoms with Crippen LogP contribution < -0.4 is 4.74 Å². The molecule has 0 unspecified atom stereocenters. The first-order valence-corrected chi connectivity index (χ1v) is 10.4. The molecule has 0 aliphatic carbocycles. The van der Waals surface area contributed by atoms with Gasteiger partial charge in [-0.05, 0) is 41.5 Å². The van der Waals surface area contributed by atoms with Crippen molar-refractivity contribution in [1.29, 1.82) is 0 Å². The van der Waals surface area contributed by atoms with E-state index in [1.165, 1.54) is 6.26 Å². The molecule has 0 amide bonds. The largest absolute Gasteiger partial charge is 0.488 e. The molecule has 0 spiro atoms. The van der Waals surface area contributed by atoms with Crippen LogP contribution in [0.3, 0.4) is 0 Å². The van der Waals surface area contributed by atoms with Gasteiger partial charge in [-0.2, -0.15) is 0 Å². The topological polar surface area (TPSA) is 43.4 Å². The molecule has 0 heterocycles. The minimum Gasteiger partial charge on any atom is -0.488 e. The second-order valence-corrected chi connectivity index (χ2v) is 8.65. The van der Waals surface area contributed by atoms with E-state index in [0.29, 0.717) is 17.3 Å². The summed E-state index contributed by atoms with van der Waals surface area (Å²) in [4.78, 5) is 0.291. The predicted molar refractivity (Wildman–Crippen MR) is 103 cm³/mol. The first-order chi connectivity index (χ1) is 11.9. The Bertz CT molecular complexity index is 983. The Kier molecular flexibility index (Phi) is 5.25. The third kappa shape index (κ3) is 4.50. The Balaban J connectivity index is 1.97. The first kappa shape index (κ1) is 17.7. The van der Waals surface area contributed by atoms with E-state index in [1.54, 1.807) is 18.2 Å². The summed E-state index contributed by atoms with van der Waals surface area (Å²) in [5, 5.41) is 0. The third-order valence-electron chi connectivity index (χ3n) is 3.75. The molecule has 0 N–H and O–H groups in total. The average Bonchev–Trinajstić information content (AvgIpc) is 2.61. The molecule has 0 bridgehead atoms. The van der Waals surface area contributed by atoms with E-state index in [-0.39, 0.29) is 0 Å². The lowest BCUT2D eigenvalue weighted by molar-refractivity contribution is 0.307. The van der Waals surface area contributed by atoms with E-state index < -0.39 is 9.84 Å². The average molecular weight is 417 g/mol. The molecule has 3 aromatic rings. The van der Waals surface area contributed by atoms with Gasteiger partial charge in [0.1, 0.15) is 12.4 Å². The van der Waals surface area contributed by atoms with Gasteiger partial charge in [0.25, 0.3) is 0 Å². The van der Waals surface area contributed by atoms with Crippen molar-refractivity contribution in [2.24, 2.45) is 0 Å². The van der Waals surface area contributed by atoms with Crippen LogP contribution in [0.25, 0.3) is 11.1 Å². The molecular formula is C20H17BrO3S. The third-order valence-corrected chi connectivity index (χ3v) is 5.36. The molecule has 0 fully saturated rings. The summed E-state index contributed by atoms with van der Waals surface area (Å²) in [7, 11) is -3.26. The van der Waals surface area contributed by atoms with Crippen molar-refractivity contribution in [3.05, 3.63) is 82.8 Å². The lowest BCUT2D eigenvalue weighted by Crippen LogP contribution is -1.99. The molecular weight excluding hydrogens is 400 g/mol. The summed E-state index contributed by atoms with van der Waals surface area (Å²) in [5.41, 5.74) is 2.71. The molecule has 0 aliphatic heterocycles. The maximum atomic E-state index is 11.8. The van der Waals surface area contributed by atoms with Crippen LogP contribution >= 0.6 is 15.9 Å². The van der Waals surface area contributed by atoms with Crippen LogP contribution in [0.4, 0.5) is 0 Å². The van der Waals surface area contributed by atoms with Crippen molar-refractivity contribution in [2.75, 3.05) is 6.26 Å². The molecule has 25 heavy (non-hydrogen) atoms. The maximum Gasteiger partial charge on any atom is 0.175 e. The van der Waals surface area contributed by atoms with Gasteiger partial charge in [0.05, 0.1) is 4.90 Å². The lowest BCUT2D eigenvalue weighted by atomic mass is 10.0. The maximum absolute atomic E-state index is 11.8. The zero-order valence-electron chi connectivity index (χ0n) is 13.6. The van der Waals surface area contributed by atoms with Crippen LogP contribution in [0.5, 0.6) is 5.75 Å². The Labute approximate surface area is 156 Å². The van der Waals surface area contributed by atoms with Gasteiger partial charge in [-0.1, -0.05) is 58.4 Å². The summed E-state index contributed by atoms with van der Waals surface area (Å²) >= 11 is 3.47. The minimum absolute atomic E-state index is 0.291. The quantitative estimate of drug-likeness (QED) is 0.580. The normalized spacial score (nSPS) is 11.3. The number of benzene rings is 3. The molecule has 0 aliphatic rings. The molecule has 0 radical (unpaired) electrons. The van der Waals surface area contributed by atoms with Gasteiger partial charge in [0, 0.05) is 16.3 Å². The molecule has 5 heteroatoms. The van der Waals surface area contributed by atoms with E-state index in [9.17, 15) is 8.42 Å². The highest BCUT2D eigenvalue weighted by Gasteiger charge is 2.12. The number of rotatable bonds is 5.